The van der Waals surface area contributed by atoms with Crippen LogP contribution in [-0.2, 0) is 14.8 Å². The molecular weight excluding hydrogens is 344 g/mol. The molecule has 1 aromatic rings. The summed E-state index contributed by atoms with van der Waals surface area (Å²) in [6.45, 7) is 2.42. The Balaban J connectivity index is 1.76. The van der Waals surface area contributed by atoms with Crippen molar-refractivity contribution in [1.29, 1.82) is 0 Å². The first kappa shape index (κ1) is 19.7. The van der Waals surface area contributed by atoms with Gasteiger partial charge < -0.3 is 14.7 Å². The summed E-state index contributed by atoms with van der Waals surface area (Å²) in [5.41, 5.74) is 0. The highest BCUT2D eigenvalue weighted by Crippen LogP contribution is 2.18. The molecular formula is C17H26N2O5S. The molecule has 0 aliphatic carbocycles. The molecule has 140 valence electrons. The molecule has 1 aliphatic rings. The van der Waals surface area contributed by atoms with Gasteiger partial charge in [0.2, 0.25) is 10.0 Å². The summed E-state index contributed by atoms with van der Waals surface area (Å²) < 4.78 is 32.7. The van der Waals surface area contributed by atoms with Gasteiger partial charge in [-0.15, -0.1) is 0 Å². The molecule has 2 rings (SSSR count). The lowest BCUT2D eigenvalue weighted by molar-refractivity contribution is -0.137. The normalized spacial score (nSPS) is 18.4. The fourth-order valence-electron chi connectivity index (χ4n) is 2.96. The maximum Gasteiger partial charge on any atom is 0.303 e. The molecule has 0 saturated carbocycles. The SMILES string of the molecule is COc1ccc(S(=O)(=O)NC2CCN(CCCCCC(=O)O)C2)cc1. The van der Waals surface area contributed by atoms with Gasteiger partial charge in [0.15, 0.2) is 0 Å². The zero-order valence-electron chi connectivity index (χ0n) is 14.5. The largest absolute Gasteiger partial charge is 0.497 e. The van der Waals surface area contributed by atoms with E-state index in [4.69, 9.17) is 9.84 Å². The van der Waals surface area contributed by atoms with E-state index in [-0.39, 0.29) is 17.4 Å². The summed E-state index contributed by atoms with van der Waals surface area (Å²) in [6, 6.07) is 6.25. The number of rotatable bonds is 10. The van der Waals surface area contributed by atoms with Crippen molar-refractivity contribution in [2.45, 2.75) is 43.0 Å². The maximum atomic E-state index is 12.4. The van der Waals surface area contributed by atoms with Gasteiger partial charge >= 0.3 is 5.97 Å². The van der Waals surface area contributed by atoms with Crippen LogP contribution in [0.2, 0.25) is 0 Å². The van der Waals surface area contributed by atoms with Crippen molar-refractivity contribution >= 4 is 16.0 Å². The van der Waals surface area contributed by atoms with Gasteiger partial charge in [0.05, 0.1) is 12.0 Å². The van der Waals surface area contributed by atoms with Gasteiger partial charge in [-0.2, -0.15) is 0 Å². The van der Waals surface area contributed by atoms with Crippen LogP contribution in [0.1, 0.15) is 32.1 Å². The van der Waals surface area contributed by atoms with Gasteiger partial charge in [0.1, 0.15) is 5.75 Å². The number of carboxylic acid groups (broad SMARTS) is 1. The number of likely N-dealkylation sites (tertiary alicyclic amines) is 1. The molecule has 0 bridgehead atoms. The molecule has 1 heterocycles. The third kappa shape index (κ3) is 6.30. The van der Waals surface area contributed by atoms with Crippen molar-refractivity contribution in [2.75, 3.05) is 26.7 Å². The first-order chi connectivity index (χ1) is 11.9. The van der Waals surface area contributed by atoms with Crippen LogP contribution in [-0.4, -0.2) is 57.2 Å². The zero-order chi connectivity index (χ0) is 18.3. The number of nitrogens with one attached hydrogen (secondary N) is 1. The molecule has 1 fully saturated rings. The first-order valence-corrected chi connectivity index (χ1v) is 9.99. The van der Waals surface area contributed by atoms with E-state index in [2.05, 4.69) is 9.62 Å². The fourth-order valence-corrected chi connectivity index (χ4v) is 4.22. The van der Waals surface area contributed by atoms with Crippen molar-refractivity contribution in [3.8, 4) is 5.75 Å². The Labute approximate surface area is 149 Å². The van der Waals surface area contributed by atoms with Crippen molar-refractivity contribution in [1.82, 2.24) is 9.62 Å². The Kier molecular flexibility index (Phi) is 7.22. The number of methoxy groups -OCH3 is 1. The number of benzene rings is 1. The molecule has 0 spiro atoms. The number of aliphatic carboxylic acids is 1. The van der Waals surface area contributed by atoms with Crippen LogP contribution >= 0.6 is 0 Å². The average molecular weight is 370 g/mol. The third-order valence-electron chi connectivity index (χ3n) is 4.33. The van der Waals surface area contributed by atoms with Gasteiger partial charge in [-0.25, -0.2) is 13.1 Å². The minimum atomic E-state index is -3.53. The second-order valence-corrected chi connectivity index (χ2v) is 8.00. The Morgan fingerprint density at radius 1 is 1.28 bits per heavy atom. The van der Waals surface area contributed by atoms with E-state index >= 15 is 0 Å². The van der Waals surface area contributed by atoms with Crippen LogP contribution < -0.4 is 9.46 Å². The molecule has 0 radical (unpaired) electrons. The fraction of sp³-hybridized carbons (Fsp3) is 0.588. The number of nitrogens with zero attached hydrogens (tertiary/aromatic N) is 1. The Morgan fingerprint density at radius 2 is 2.00 bits per heavy atom. The number of ether oxygens (including phenoxy) is 1. The Bertz CT molecular complexity index is 660. The highest BCUT2D eigenvalue weighted by atomic mass is 32.2. The molecule has 1 atom stereocenters. The van der Waals surface area contributed by atoms with Crippen LogP contribution in [0, 0.1) is 0 Å². The van der Waals surface area contributed by atoms with E-state index in [1.54, 1.807) is 12.1 Å². The van der Waals surface area contributed by atoms with Gasteiger partial charge in [0.25, 0.3) is 0 Å². The van der Waals surface area contributed by atoms with Gasteiger partial charge in [0, 0.05) is 19.0 Å². The Morgan fingerprint density at radius 3 is 2.64 bits per heavy atom. The lowest BCUT2D eigenvalue weighted by Crippen LogP contribution is -2.37. The van der Waals surface area contributed by atoms with E-state index in [1.807, 2.05) is 0 Å². The minimum absolute atomic E-state index is 0.0916. The van der Waals surface area contributed by atoms with E-state index in [0.717, 1.165) is 32.4 Å². The predicted octanol–water partition coefficient (Wildman–Crippen LogP) is 1.69. The highest BCUT2D eigenvalue weighted by molar-refractivity contribution is 7.89. The Hall–Kier alpha value is -1.64. The number of carboxylic acids is 1. The molecule has 1 saturated heterocycles. The van der Waals surface area contributed by atoms with Crippen LogP contribution in [0.15, 0.2) is 29.2 Å². The van der Waals surface area contributed by atoms with Crippen molar-refractivity contribution in [3.05, 3.63) is 24.3 Å². The van der Waals surface area contributed by atoms with E-state index < -0.39 is 16.0 Å². The summed E-state index contributed by atoms with van der Waals surface area (Å²) >= 11 is 0. The van der Waals surface area contributed by atoms with Crippen molar-refractivity contribution in [3.63, 3.8) is 0 Å². The quantitative estimate of drug-likeness (QED) is 0.609. The number of sulfonamides is 1. The summed E-state index contributed by atoms with van der Waals surface area (Å²) in [5.74, 6) is -0.136. The number of hydrogen-bond donors (Lipinski definition) is 2. The van der Waals surface area contributed by atoms with Crippen molar-refractivity contribution in [2.24, 2.45) is 0 Å². The van der Waals surface area contributed by atoms with Crippen LogP contribution in [0.5, 0.6) is 5.75 Å². The lowest BCUT2D eigenvalue weighted by atomic mass is 10.2. The van der Waals surface area contributed by atoms with E-state index in [1.165, 1.54) is 19.2 Å². The highest BCUT2D eigenvalue weighted by Gasteiger charge is 2.26. The third-order valence-corrected chi connectivity index (χ3v) is 5.87. The first-order valence-electron chi connectivity index (χ1n) is 8.51. The molecule has 1 unspecified atom stereocenters. The zero-order valence-corrected chi connectivity index (χ0v) is 15.3. The minimum Gasteiger partial charge on any atom is -0.497 e. The molecule has 25 heavy (non-hydrogen) atoms. The van der Waals surface area contributed by atoms with Gasteiger partial charge in [-0.3, -0.25) is 4.79 Å². The number of unbranched alkanes of at least 4 members (excludes halogenated alkanes) is 2. The second-order valence-electron chi connectivity index (χ2n) is 6.29. The van der Waals surface area contributed by atoms with Crippen molar-refractivity contribution < 1.29 is 23.1 Å². The van der Waals surface area contributed by atoms with E-state index in [0.29, 0.717) is 18.7 Å². The van der Waals surface area contributed by atoms with E-state index in [9.17, 15) is 13.2 Å². The second kappa shape index (κ2) is 9.17. The van der Waals surface area contributed by atoms with Gasteiger partial charge in [-0.05, 0) is 56.6 Å². The summed E-state index contributed by atoms with van der Waals surface area (Å²) in [6.07, 6.45) is 3.50. The predicted molar refractivity (Wildman–Crippen MR) is 94.3 cm³/mol. The average Bonchev–Trinajstić information content (AvgIpc) is 3.01. The molecule has 8 heteroatoms. The molecule has 0 amide bonds. The molecule has 1 aliphatic heterocycles. The molecule has 2 N–H and O–H groups in total. The molecule has 7 nitrogen and oxygen atoms in total. The monoisotopic (exact) mass is 370 g/mol. The van der Waals surface area contributed by atoms with Crippen LogP contribution in [0.25, 0.3) is 0 Å². The number of carbonyl (C=O) groups is 1. The topological polar surface area (TPSA) is 95.9 Å². The standard InChI is InChI=1S/C17H26N2O5S/c1-24-15-6-8-16(9-7-15)25(22,23)18-14-10-12-19(13-14)11-4-2-3-5-17(20)21/h6-9,14,18H,2-5,10-13H2,1H3,(H,20,21). The summed E-state index contributed by atoms with van der Waals surface area (Å²) in [5, 5.41) is 8.61. The number of hydrogen-bond acceptors (Lipinski definition) is 5. The smallest absolute Gasteiger partial charge is 0.303 e. The summed E-state index contributed by atoms with van der Waals surface area (Å²) in [7, 11) is -1.99. The molecule has 1 aromatic carbocycles. The summed E-state index contributed by atoms with van der Waals surface area (Å²) in [4.78, 5) is 12.9. The lowest BCUT2D eigenvalue weighted by Gasteiger charge is -2.16. The van der Waals surface area contributed by atoms with Crippen LogP contribution in [0.3, 0.4) is 0 Å². The van der Waals surface area contributed by atoms with Gasteiger partial charge in [-0.1, -0.05) is 6.42 Å². The molecule has 0 aromatic heterocycles. The van der Waals surface area contributed by atoms with Crippen LogP contribution in [0.4, 0.5) is 0 Å². The maximum absolute atomic E-state index is 12.4.